The smallest absolute Gasteiger partial charge is 0.320 e. The number of ether oxygens (including phenoxy) is 1. The summed E-state index contributed by atoms with van der Waals surface area (Å²) in [5.74, 6) is -0.653. The number of amides is 1. The summed E-state index contributed by atoms with van der Waals surface area (Å²) in [4.78, 5) is 23.3. The van der Waals surface area contributed by atoms with E-state index in [9.17, 15) is 9.59 Å². The average molecular weight is 345 g/mol. The van der Waals surface area contributed by atoms with Gasteiger partial charge in [-0.15, -0.1) is 12.4 Å². The van der Waals surface area contributed by atoms with Gasteiger partial charge in [0.25, 0.3) is 0 Å². The maximum atomic E-state index is 12.2. The summed E-state index contributed by atoms with van der Waals surface area (Å²) in [6.45, 7) is 5.91. The minimum atomic E-state index is -0.948. The largest absolute Gasteiger partial charge is 0.492 e. The Hall–Kier alpha value is -1.79. The molecule has 1 aromatic carbocycles. The topological polar surface area (TPSA) is 87.7 Å². The van der Waals surface area contributed by atoms with Crippen molar-refractivity contribution in [2.75, 3.05) is 11.9 Å². The van der Waals surface area contributed by atoms with Crippen LogP contribution in [0.25, 0.3) is 0 Å². The molecule has 0 fully saturated rings. The van der Waals surface area contributed by atoms with E-state index in [1.807, 2.05) is 19.9 Å². The lowest BCUT2D eigenvalue weighted by Crippen LogP contribution is -2.47. The molecule has 2 atom stereocenters. The highest BCUT2D eigenvalue weighted by Crippen LogP contribution is 2.23. The highest BCUT2D eigenvalue weighted by atomic mass is 35.5. The highest BCUT2D eigenvalue weighted by Gasteiger charge is 2.22. The van der Waals surface area contributed by atoms with Crippen molar-refractivity contribution in [1.29, 1.82) is 0 Å². The number of nitrogens with one attached hydrogen (secondary N) is 2. The van der Waals surface area contributed by atoms with Crippen LogP contribution in [0, 0.1) is 0 Å². The Kier molecular flexibility index (Phi) is 10.0. The Bertz CT molecular complexity index is 511. The number of carboxylic acid groups (broad SMARTS) is 1. The van der Waals surface area contributed by atoms with Gasteiger partial charge in [-0.2, -0.15) is 0 Å². The molecule has 0 heterocycles. The van der Waals surface area contributed by atoms with Gasteiger partial charge in [0.2, 0.25) is 5.91 Å². The molecule has 0 saturated heterocycles. The molecule has 1 amide bonds. The van der Waals surface area contributed by atoms with Crippen molar-refractivity contribution in [3.05, 3.63) is 24.3 Å². The molecule has 0 aliphatic rings. The number of aliphatic carboxylic acids is 1. The number of carbonyl (C=O) groups excluding carboxylic acids is 1. The number of benzene rings is 1. The molecule has 23 heavy (non-hydrogen) atoms. The minimum Gasteiger partial charge on any atom is -0.492 e. The van der Waals surface area contributed by atoms with E-state index in [-0.39, 0.29) is 18.3 Å². The number of hydrogen-bond donors (Lipinski definition) is 3. The summed E-state index contributed by atoms with van der Waals surface area (Å²) >= 11 is 0. The van der Waals surface area contributed by atoms with Crippen molar-refractivity contribution in [3.63, 3.8) is 0 Å². The zero-order valence-corrected chi connectivity index (χ0v) is 14.5. The second-order valence-corrected chi connectivity index (χ2v) is 4.99. The standard InChI is InChI=1S/C16H24N2O4.ClH/c1-4-8-13(16(20)21)17-11(3)15(19)18-12-9-6-7-10-14(12)22-5-2;/h6-7,9-11,13,17H,4-5,8H2,1-3H3,(H,18,19)(H,20,21);1H. The van der Waals surface area contributed by atoms with Gasteiger partial charge in [-0.3, -0.25) is 14.9 Å². The molecule has 1 aromatic rings. The van der Waals surface area contributed by atoms with Gasteiger partial charge in [0.15, 0.2) is 0 Å². The maximum Gasteiger partial charge on any atom is 0.320 e. The van der Waals surface area contributed by atoms with Crippen LogP contribution >= 0.6 is 12.4 Å². The van der Waals surface area contributed by atoms with Crippen LogP contribution in [0.4, 0.5) is 5.69 Å². The molecule has 1 rings (SSSR count). The van der Waals surface area contributed by atoms with Gasteiger partial charge in [-0.1, -0.05) is 25.5 Å². The van der Waals surface area contributed by atoms with Crippen molar-refractivity contribution in [2.45, 2.75) is 45.7 Å². The molecule has 0 bridgehead atoms. The first-order valence-corrected chi connectivity index (χ1v) is 7.51. The highest BCUT2D eigenvalue weighted by molar-refractivity contribution is 5.96. The number of hydrogen-bond acceptors (Lipinski definition) is 4. The fraction of sp³-hybridized carbons (Fsp3) is 0.500. The van der Waals surface area contributed by atoms with E-state index in [1.54, 1.807) is 25.1 Å². The SMILES string of the molecule is CCCC(NC(C)C(=O)Nc1ccccc1OCC)C(=O)O.Cl. The van der Waals surface area contributed by atoms with Crippen LogP contribution < -0.4 is 15.4 Å². The molecule has 130 valence electrons. The predicted molar refractivity (Wildman–Crippen MR) is 92.4 cm³/mol. The first kappa shape index (κ1) is 21.2. The van der Waals surface area contributed by atoms with Crippen LogP contribution in [-0.4, -0.2) is 35.7 Å². The molecule has 0 aliphatic carbocycles. The minimum absolute atomic E-state index is 0. The second kappa shape index (κ2) is 10.9. The van der Waals surface area contributed by atoms with E-state index in [2.05, 4.69) is 10.6 Å². The summed E-state index contributed by atoms with van der Waals surface area (Å²) in [5.41, 5.74) is 0.574. The monoisotopic (exact) mass is 344 g/mol. The van der Waals surface area contributed by atoms with E-state index >= 15 is 0 Å². The van der Waals surface area contributed by atoms with Crippen LogP contribution in [0.1, 0.15) is 33.6 Å². The number of anilines is 1. The zero-order chi connectivity index (χ0) is 16.5. The van der Waals surface area contributed by atoms with E-state index in [4.69, 9.17) is 9.84 Å². The third-order valence-corrected chi connectivity index (χ3v) is 3.16. The van der Waals surface area contributed by atoms with Gasteiger partial charge in [0, 0.05) is 0 Å². The zero-order valence-electron chi connectivity index (χ0n) is 13.7. The van der Waals surface area contributed by atoms with Crippen molar-refractivity contribution in [2.24, 2.45) is 0 Å². The number of rotatable bonds is 9. The molecular formula is C16H25ClN2O4. The molecule has 0 saturated carbocycles. The van der Waals surface area contributed by atoms with Crippen LogP contribution in [0.3, 0.4) is 0 Å². The summed E-state index contributed by atoms with van der Waals surface area (Å²) in [7, 11) is 0. The number of carboxylic acids is 1. The molecule has 0 aromatic heterocycles. The Balaban J connectivity index is 0.00000484. The number of carbonyl (C=O) groups is 2. The predicted octanol–water partition coefficient (Wildman–Crippen LogP) is 2.68. The summed E-state index contributed by atoms with van der Waals surface area (Å²) in [6, 6.07) is 5.79. The molecular weight excluding hydrogens is 320 g/mol. The summed E-state index contributed by atoms with van der Waals surface area (Å²) in [6.07, 6.45) is 1.20. The Morgan fingerprint density at radius 1 is 1.26 bits per heavy atom. The van der Waals surface area contributed by atoms with Crippen LogP contribution in [0.2, 0.25) is 0 Å². The number of halogens is 1. The van der Waals surface area contributed by atoms with Crippen LogP contribution in [-0.2, 0) is 9.59 Å². The molecule has 3 N–H and O–H groups in total. The lowest BCUT2D eigenvalue weighted by atomic mass is 10.1. The van der Waals surface area contributed by atoms with Crippen molar-refractivity contribution < 1.29 is 19.4 Å². The third kappa shape index (κ3) is 6.88. The molecule has 0 aliphatic heterocycles. The Morgan fingerprint density at radius 2 is 1.91 bits per heavy atom. The maximum absolute atomic E-state index is 12.2. The van der Waals surface area contributed by atoms with Crippen molar-refractivity contribution >= 4 is 30.0 Å². The van der Waals surface area contributed by atoms with E-state index < -0.39 is 18.1 Å². The summed E-state index contributed by atoms with van der Waals surface area (Å²) in [5, 5.41) is 14.7. The van der Waals surface area contributed by atoms with Crippen LogP contribution in [0.5, 0.6) is 5.75 Å². The van der Waals surface area contributed by atoms with Gasteiger partial charge in [0.05, 0.1) is 18.3 Å². The van der Waals surface area contributed by atoms with E-state index in [1.165, 1.54) is 0 Å². The van der Waals surface area contributed by atoms with Gasteiger partial charge in [0.1, 0.15) is 11.8 Å². The lowest BCUT2D eigenvalue weighted by molar-refractivity contribution is -0.140. The average Bonchev–Trinajstić information content (AvgIpc) is 2.48. The molecule has 6 nitrogen and oxygen atoms in total. The normalized spacial score (nSPS) is 12.7. The fourth-order valence-electron chi connectivity index (χ4n) is 2.04. The first-order valence-electron chi connectivity index (χ1n) is 7.51. The first-order chi connectivity index (χ1) is 10.5. The summed E-state index contributed by atoms with van der Waals surface area (Å²) < 4.78 is 5.45. The van der Waals surface area contributed by atoms with Gasteiger partial charge in [-0.25, -0.2) is 0 Å². The molecule has 0 radical (unpaired) electrons. The molecule has 2 unspecified atom stereocenters. The quantitative estimate of drug-likeness (QED) is 0.641. The van der Waals surface area contributed by atoms with E-state index in [0.29, 0.717) is 24.5 Å². The van der Waals surface area contributed by atoms with E-state index in [0.717, 1.165) is 6.42 Å². The third-order valence-electron chi connectivity index (χ3n) is 3.16. The number of para-hydroxylation sites is 2. The Morgan fingerprint density at radius 3 is 2.48 bits per heavy atom. The van der Waals surface area contributed by atoms with Gasteiger partial charge >= 0.3 is 5.97 Å². The lowest BCUT2D eigenvalue weighted by Gasteiger charge is -2.20. The van der Waals surface area contributed by atoms with Crippen LogP contribution in [0.15, 0.2) is 24.3 Å². The molecule has 7 heteroatoms. The fourth-order valence-corrected chi connectivity index (χ4v) is 2.04. The van der Waals surface area contributed by atoms with Gasteiger partial charge < -0.3 is 15.2 Å². The Labute approximate surface area is 143 Å². The second-order valence-electron chi connectivity index (χ2n) is 4.99. The van der Waals surface area contributed by atoms with Crippen molar-refractivity contribution in [1.82, 2.24) is 5.32 Å². The van der Waals surface area contributed by atoms with Crippen molar-refractivity contribution in [3.8, 4) is 5.75 Å². The molecule has 0 spiro atoms. The van der Waals surface area contributed by atoms with Gasteiger partial charge in [-0.05, 0) is 32.4 Å².